The number of aliphatic carboxylic acids is 1. The van der Waals surface area contributed by atoms with Crippen molar-refractivity contribution >= 4 is 17.6 Å². The summed E-state index contributed by atoms with van der Waals surface area (Å²) in [7, 11) is 0. The molecule has 0 saturated carbocycles. The Morgan fingerprint density at radius 2 is 2.12 bits per heavy atom. The molecule has 0 aliphatic heterocycles. The summed E-state index contributed by atoms with van der Waals surface area (Å²) >= 11 is 5.62. The summed E-state index contributed by atoms with van der Waals surface area (Å²) in [5.74, 6) is -1.46. The topological polar surface area (TPSA) is 72.6 Å². The van der Waals surface area contributed by atoms with E-state index in [1.807, 2.05) is 0 Å². The van der Waals surface area contributed by atoms with Crippen molar-refractivity contribution in [2.45, 2.75) is 12.7 Å². The van der Waals surface area contributed by atoms with Crippen LogP contribution < -0.4 is 10.5 Å². The van der Waals surface area contributed by atoms with E-state index in [0.29, 0.717) is 0 Å². The number of carboxylic acid groups (broad SMARTS) is 1. The first-order valence-corrected chi connectivity index (χ1v) is 4.52. The van der Waals surface area contributed by atoms with Crippen LogP contribution in [0.15, 0.2) is 18.2 Å². The molecule has 1 aromatic carbocycles. The number of carboxylic acids is 1. The molecule has 3 N–H and O–H groups in total. The lowest BCUT2D eigenvalue weighted by atomic mass is 10.1. The predicted molar refractivity (Wildman–Crippen MR) is 52.6 cm³/mol. The van der Waals surface area contributed by atoms with Crippen LogP contribution in [0.2, 0.25) is 5.02 Å². The summed E-state index contributed by atoms with van der Waals surface area (Å²) in [5.41, 5.74) is 5.52. The van der Waals surface area contributed by atoms with Gasteiger partial charge < -0.3 is 15.6 Å². The number of alkyl halides is 2. The minimum absolute atomic E-state index is 0.116. The normalized spacial score (nSPS) is 12.6. The van der Waals surface area contributed by atoms with Crippen LogP contribution in [0.5, 0.6) is 5.75 Å². The van der Waals surface area contributed by atoms with Crippen LogP contribution in [0.1, 0.15) is 11.6 Å². The van der Waals surface area contributed by atoms with Crippen LogP contribution >= 0.6 is 11.6 Å². The molecule has 16 heavy (non-hydrogen) atoms. The summed E-state index contributed by atoms with van der Waals surface area (Å²) in [6.45, 7) is -2.99. The van der Waals surface area contributed by atoms with E-state index in [0.717, 1.165) is 6.07 Å². The second-order valence-electron chi connectivity index (χ2n) is 2.88. The summed E-state index contributed by atoms with van der Waals surface area (Å²) < 4.78 is 27.9. The van der Waals surface area contributed by atoms with Crippen LogP contribution in [0.3, 0.4) is 0 Å². The van der Waals surface area contributed by atoms with Gasteiger partial charge in [0.1, 0.15) is 11.8 Å². The summed E-state index contributed by atoms with van der Waals surface area (Å²) in [5, 5.41) is 8.51. The van der Waals surface area contributed by atoms with Crippen molar-refractivity contribution in [3.63, 3.8) is 0 Å². The summed E-state index contributed by atoms with van der Waals surface area (Å²) in [4.78, 5) is 10.6. The van der Waals surface area contributed by atoms with Gasteiger partial charge in [-0.3, -0.25) is 4.79 Å². The molecule has 0 radical (unpaired) electrons. The maximum absolute atomic E-state index is 11.9. The fraction of sp³-hybridized carbons (Fsp3) is 0.222. The van der Waals surface area contributed by atoms with E-state index in [9.17, 15) is 13.6 Å². The second-order valence-corrected chi connectivity index (χ2v) is 3.29. The average Bonchev–Trinajstić information content (AvgIpc) is 2.19. The molecule has 0 aromatic heterocycles. The summed E-state index contributed by atoms with van der Waals surface area (Å²) in [6.07, 6.45) is 0. The van der Waals surface area contributed by atoms with E-state index in [1.54, 1.807) is 0 Å². The van der Waals surface area contributed by atoms with Gasteiger partial charge in [-0.1, -0.05) is 17.7 Å². The quantitative estimate of drug-likeness (QED) is 0.859. The molecule has 0 amide bonds. The number of hydrogen-bond donors (Lipinski definition) is 2. The highest BCUT2D eigenvalue weighted by Gasteiger charge is 2.16. The molecule has 1 atom stereocenters. The van der Waals surface area contributed by atoms with Crippen LogP contribution in [-0.4, -0.2) is 17.7 Å². The van der Waals surface area contributed by atoms with Gasteiger partial charge in [-0.25, -0.2) is 0 Å². The zero-order chi connectivity index (χ0) is 12.3. The molecule has 1 aromatic rings. The number of hydrogen-bond acceptors (Lipinski definition) is 3. The fourth-order valence-corrected chi connectivity index (χ4v) is 1.28. The maximum atomic E-state index is 11.9. The number of carbonyl (C=O) groups is 1. The van der Waals surface area contributed by atoms with Gasteiger partial charge in [0, 0.05) is 0 Å². The van der Waals surface area contributed by atoms with Crippen LogP contribution in [0.4, 0.5) is 8.78 Å². The van der Waals surface area contributed by atoms with E-state index in [-0.39, 0.29) is 16.3 Å². The third-order valence-corrected chi connectivity index (χ3v) is 2.09. The van der Waals surface area contributed by atoms with Gasteiger partial charge in [-0.15, -0.1) is 0 Å². The van der Waals surface area contributed by atoms with Gasteiger partial charge in [-0.2, -0.15) is 8.78 Å². The predicted octanol–water partition coefficient (Wildman–Crippen LogP) is 2.03. The van der Waals surface area contributed by atoms with Gasteiger partial charge >= 0.3 is 12.6 Å². The van der Waals surface area contributed by atoms with Gasteiger partial charge in [0.15, 0.2) is 0 Å². The van der Waals surface area contributed by atoms with Crippen molar-refractivity contribution in [3.05, 3.63) is 28.8 Å². The Morgan fingerprint density at radius 3 is 2.56 bits per heavy atom. The Hall–Kier alpha value is -1.40. The van der Waals surface area contributed by atoms with Crippen molar-refractivity contribution in [1.29, 1.82) is 0 Å². The Balaban J connectivity index is 2.95. The van der Waals surface area contributed by atoms with Crippen LogP contribution in [-0.2, 0) is 4.79 Å². The molecule has 0 spiro atoms. The first-order chi connectivity index (χ1) is 7.41. The van der Waals surface area contributed by atoms with E-state index >= 15 is 0 Å². The van der Waals surface area contributed by atoms with Crippen molar-refractivity contribution < 1.29 is 23.4 Å². The Kier molecular flexibility index (Phi) is 4.03. The zero-order valence-electron chi connectivity index (χ0n) is 7.86. The second kappa shape index (κ2) is 5.09. The smallest absolute Gasteiger partial charge is 0.387 e. The molecular formula is C9H8ClF2NO3. The lowest BCUT2D eigenvalue weighted by Gasteiger charge is -2.10. The van der Waals surface area contributed by atoms with Crippen LogP contribution in [0, 0.1) is 0 Å². The molecule has 4 nitrogen and oxygen atoms in total. The highest BCUT2D eigenvalue weighted by Crippen LogP contribution is 2.28. The van der Waals surface area contributed by atoms with Crippen LogP contribution in [0.25, 0.3) is 0 Å². The Bertz CT molecular complexity index is 400. The van der Waals surface area contributed by atoms with Gasteiger partial charge in [0.25, 0.3) is 0 Å². The fourth-order valence-electron chi connectivity index (χ4n) is 1.04. The number of nitrogens with two attached hydrogens (primary N) is 1. The van der Waals surface area contributed by atoms with E-state index < -0.39 is 18.6 Å². The number of halogens is 3. The molecular weight excluding hydrogens is 244 g/mol. The van der Waals surface area contributed by atoms with Gasteiger partial charge in [-0.05, 0) is 17.7 Å². The summed E-state index contributed by atoms with van der Waals surface area (Å²) in [6, 6.07) is 2.34. The van der Waals surface area contributed by atoms with E-state index in [1.165, 1.54) is 12.1 Å². The number of ether oxygens (including phenoxy) is 1. The molecule has 1 unspecified atom stereocenters. The maximum Gasteiger partial charge on any atom is 0.387 e. The third-order valence-electron chi connectivity index (χ3n) is 1.80. The van der Waals surface area contributed by atoms with Crippen molar-refractivity contribution in [3.8, 4) is 5.75 Å². The first kappa shape index (κ1) is 12.7. The van der Waals surface area contributed by atoms with Crippen molar-refractivity contribution in [2.24, 2.45) is 5.73 Å². The average molecular weight is 252 g/mol. The molecule has 0 heterocycles. The zero-order valence-corrected chi connectivity index (χ0v) is 8.62. The molecule has 0 saturated heterocycles. The largest absolute Gasteiger partial charge is 0.480 e. The number of rotatable bonds is 4. The highest BCUT2D eigenvalue weighted by molar-refractivity contribution is 6.32. The van der Waals surface area contributed by atoms with Gasteiger partial charge in [0.2, 0.25) is 0 Å². The van der Waals surface area contributed by atoms with E-state index in [4.69, 9.17) is 22.4 Å². The Labute approximate surface area is 94.6 Å². The lowest BCUT2D eigenvalue weighted by Crippen LogP contribution is -2.20. The molecule has 0 aliphatic rings. The third kappa shape index (κ3) is 3.04. The number of benzene rings is 1. The minimum Gasteiger partial charge on any atom is -0.480 e. The molecule has 88 valence electrons. The first-order valence-electron chi connectivity index (χ1n) is 4.14. The molecule has 0 bridgehead atoms. The Morgan fingerprint density at radius 1 is 1.50 bits per heavy atom. The standard InChI is InChI=1S/C9H8ClF2NO3/c10-5-3-4(7(13)8(14)15)1-2-6(5)16-9(11)12/h1-3,7,9H,13H2,(H,14,15). The molecule has 0 fully saturated rings. The minimum atomic E-state index is -2.99. The van der Waals surface area contributed by atoms with E-state index in [2.05, 4.69) is 4.74 Å². The van der Waals surface area contributed by atoms with Gasteiger partial charge in [0.05, 0.1) is 5.02 Å². The van der Waals surface area contributed by atoms with Crippen molar-refractivity contribution in [1.82, 2.24) is 0 Å². The monoisotopic (exact) mass is 251 g/mol. The molecule has 1 rings (SSSR count). The molecule has 0 aliphatic carbocycles. The van der Waals surface area contributed by atoms with Crippen molar-refractivity contribution in [2.75, 3.05) is 0 Å². The molecule has 7 heteroatoms. The SMILES string of the molecule is NC(C(=O)O)c1ccc(OC(F)F)c(Cl)c1. The highest BCUT2D eigenvalue weighted by atomic mass is 35.5. The lowest BCUT2D eigenvalue weighted by molar-refractivity contribution is -0.138.